The van der Waals surface area contributed by atoms with Gasteiger partial charge in [0.15, 0.2) is 0 Å². The van der Waals surface area contributed by atoms with Crippen LogP contribution in [0.3, 0.4) is 0 Å². The van der Waals surface area contributed by atoms with Gasteiger partial charge in [-0.3, -0.25) is 4.79 Å². The average molecular weight is 277 g/mol. The molecule has 0 saturated carbocycles. The Hall–Kier alpha value is -1.55. The lowest BCUT2D eigenvalue weighted by Crippen LogP contribution is -2.30. The Morgan fingerprint density at radius 2 is 2.21 bits per heavy atom. The van der Waals surface area contributed by atoms with E-state index in [2.05, 4.69) is 19.9 Å². The van der Waals surface area contributed by atoms with Crippen molar-refractivity contribution < 1.29 is 9.21 Å². The first kappa shape index (κ1) is 13.9. The Morgan fingerprint density at radius 3 is 2.79 bits per heavy atom. The van der Waals surface area contributed by atoms with Crippen LogP contribution in [0.1, 0.15) is 30.7 Å². The van der Waals surface area contributed by atoms with Gasteiger partial charge in [0.1, 0.15) is 0 Å². The number of hydrogen-bond donors (Lipinski definition) is 0. The van der Waals surface area contributed by atoms with E-state index >= 15 is 0 Å². The molecule has 2 heterocycles. The van der Waals surface area contributed by atoms with Gasteiger partial charge in [0.05, 0.1) is 19.1 Å². The van der Waals surface area contributed by atoms with Crippen molar-refractivity contribution in [1.82, 2.24) is 4.90 Å². The van der Waals surface area contributed by atoms with E-state index in [1.807, 2.05) is 22.4 Å². The van der Waals surface area contributed by atoms with E-state index in [1.54, 1.807) is 23.9 Å². The van der Waals surface area contributed by atoms with Gasteiger partial charge >= 0.3 is 0 Å². The maximum atomic E-state index is 12.3. The Bertz CT molecular complexity index is 452. The maximum absolute atomic E-state index is 12.3. The normalized spacial score (nSPS) is 10.9. The van der Waals surface area contributed by atoms with Gasteiger partial charge in [-0.05, 0) is 23.4 Å². The number of carbonyl (C=O) groups excluding carboxylic acids is 1. The first-order valence-corrected chi connectivity index (χ1v) is 7.34. The number of furan rings is 1. The minimum Gasteiger partial charge on any atom is -0.472 e. The Labute approximate surface area is 117 Å². The highest BCUT2D eigenvalue weighted by atomic mass is 32.1. The molecule has 0 bridgehead atoms. The van der Waals surface area contributed by atoms with E-state index in [0.717, 1.165) is 5.56 Å². The van der Waals surface area contributed by atoms with Gasteiger partial charge in [-0.1, -0.05) is 19.9 Å². The molecule has 0 saturated heterocycles. The molecule has 0 unspecified atom stereocenters. The van der Waals surface area contributed by atoms with Crippen molar-refractivity contribution in [3.63, 3.8) is 0 Å². The van der Waals surface area contributed by atoms with Crippen LogP contribution in [0.5, 0.6) is 0 Å². The zero-order valence-electron chi connectivity index (χ0n) is 11.3. The fourth-order valence-corrected chi connectivity index (χ4v) is 2.62. The van der Waals surface area contributed by atoms with Crippen molar-refractivity contribution in [2.75, 3.05) is 0 Å². The molecule has 0 fully saturated rings. The Kier molecular flexibility index (Phi) is 4.80. The number of nitrogens with zero attached hydrogens (tertiary/aromatic N) is 1. The summed E-state index contributed by atoms with van der Waals surface area (Å²) in [5.41, 5.74) is 1.04. The van der Waals surface area contributed by atoms with Crippen molar-refractivity contribution in [3.8, 4) is 0 Å². The maximum Gasteiger partial charge on any atom is 0.223 e. The number of rotatable bonds is 6. The summed E-state index contributed by atoms with van der Waals surface area (Å²) in [6.45, 7) is 5.42. The SMILES string of the molecule is CC(C)CC(=O)N(Cc1ccoc1)Cc1cccs1. The molecule has 0 aliphatic rings. The fourth-order valence-electron chi connectivity index (χ4n) is 1.90. The second kappa shape index (κ2) is 6.57. The summed E-state index contributed by atoms with van der Waals surface area (Å²) in [4.78, 5) is 15.4. The smallest absolute Gasteiger partial charge is 0.223 e. The zero-order chi connectivity index (χ0) is 13.7. The van der Waals surface area contributed by atoms with Crippen LogP contribution in [0.25, 0.3) is 0 Å². The minimum absolute atomic E-state index is 0.199. The van der Waals surface area contributed by atoms with Crippen molar-refractivity contribution in [2.45, 2.75) is 33.4 Å². The van der Waals surface area contributed by atoms with Gasteiger partial charge in [-0.15, -0.1) is 11.3 Å². The van der Waals surface area contributed by atoms with Gasteiger partial charge < -0.3 is 9.32 Å². The monoisotopic (exact) mass is 277 g/mol. The van der Waals surface area contributed by atoms with Crippen molar-refractivity contribution in [3.05, 3.63) is 46.5 Å². The summed E-state index contributed by atoms with van der Waals surface area (Å²) >= 11 is 1.68. The predicted octanol–water partition coefficient (Wildman–Crippen LogP) is 3.92. The second-order valence-corrected chi connectivity index (χ2v) is 6.09. The Balaban J connectivity index is 2.05. The third-order valence-corrected chi connectivity index (χ3v) is 3.68. The highest BCUT2D eigenvalue weighted by molar-refractivity contribution is 7.09. The molecule has 4 heteroatoms. The summed E-state index contributed by atoms with van der Waals surface area (Å²) in [5.74, 6) is 0.576. The van der Waals surface area contributed by atoms with Crippen molar-refractivity contribution in [2.24, 2.45) is 5.92 Å². The fraction of sp³-hybridized carbons (Fsp3) is 0.400. The van der Waals surface area contributed by atoms with Crippen molar-refractivity contribution in [1.29, 1.82) is 0 Å². The summed E-state index contributed by atoms with van der Waals surface area (Å²) in [6, 6.07) is 5.99. The number of thiophene rings is 1. The number of hydrogen-bond acceptors (Lipinski definition) is 3. The molecule has 0 aromatic carbocycles. The first-order chi connectivity index (χ1) is 9.15. The van der Waals surface area contributed by atoms with Gasteiger partial charge in [-0.25, -0.2) is 0 Å². The van der Waals surface area contributed by atoms with Crippen LogP contribution in [-0.4, -0.2) is 10.8 Å². The summed E-state index contributed by atoms with van der Waals surface area (Å²) in [7, 11) is 0. The molecule has 3 nitrogen and oxygen atoms in total. The average Bonchev–Trinajstić information content (AvgIpc) is 2.99. The molecule has 0 atom stereocenters. The van der Waals surface area contributed by atoms with Crippen LogP contribution in [-0.2, 0) is 17.9 Å². The van der Waals surface area contributed by atoms with E-state index in [1.165, 1.54) is 4.88 Å². The molecule has 0 spiro atoms. The van der Waals surface area contributed by atoms with Crippen LogP contribution in [0.4, 0.5) is 0 Å². The molecular formula is C15H19NO2S. The molecule has 0 N–H and O–H groups in total. The van der Waals surface area contributed by atoms with Crippen LogP contribution in [0.2, 0.25) is 0 Å². The van der Waals surface area contributed by atoms with E-state index in [9.17, 15) is 4.79 Å². The molecule has 0 aliphatic carbocycles. The van der Waals surface area contributed by atoms with Crippen LogP contribution in [0.15, 0.2) is 40.5 Å². The molecule has 0 aliphatic heterocycles. The highest BCUT2D eigenvalue weighted by Gasteiger charge is 2.16. The minimum atomic E-state index is 0.199. The quantitative estimate of drug-likeness (QED) is 0.802. The van der Waals surface area contributed by atoms with E-state index in [0.29, 0.717) is 25.4 Å². The second-order valence-electron chi connectivity index (χ2n) is 5.06. The highest BCUT2D eigenvalue weighted by Crippen LogP contribution is 2.17. The summed E-state index contributed by atoms with van der Waals surface area (Å²) < 4.78 is 5.08. The van der Waals surface area contributed by atoms with Crippen LogP contribution >= 0.6 is 11.3 Å². The predicted molar refractivity (Wildman–Crippen MR) is 76.7 cm³/mol. The van der Waals surface area contributed by atoms with Crippen LogP contribution in [0, 0.1) is 5.92 Å². The third kappa shape index (κ3) is 4.24. The molecule has 2 aromatic rings. The zero-order valence-corrected chi connectivity index (χ0v) is 12.2. The lowest BCUT2D eigenvalue weighted by Gasteiger charge is -2.22. The lowest BCUT2D eigenvalue weighted by molar-refractivity contribution is -0.133. The van der Waals surface area contributed by atoms with E-state index in [-0.39, 0.29) is 5.91 Å². The van der Waals surface area contributed by atoms with Gasteiger partial charge in [0.25, 0.3) is 0 Å². The van der Waals surface area contributed by atoms with E-state index < -0.39 is 0 Å². The van der Waals surface area contributed by atoms with Gasteiger partial charge in [-0.2, -0.15) is 0 Å². The van der Waals surface area contributed by atoms with Gasteiger partial charge in [0, 0.05) is 23.4 Å². The molecular weight excluding hydrogens is 258 g/mol. The van der Waals surface area contributed by atoms with Crippen molar-refractivity contribution >= 4 is 17.2 Å². The lowest BCUT2D eigenvalue weighted by atomic mass is 10.1. The topological polar surface area (TPSA) is 33.5 Å². The molecule has 1 amide bonds. The molecule has 0 radical (unpaired) electrons. The number of carbonyl (C=O) groups is 1. The standard InChI is InChI=1S/C15H19NO2S/c1-12(2)8-15(17)16(9-13-5-6-18-11-13)10-14-4-3-7-19-14/h3-7,11-12H,8-10H2,1-2H3. The molecule has 2 rings (SSSR count). The largest absolute Gasteiger partial charge is 0.472 e. The molecule has 19 heavy (non-hydrogen) atoms. The summed E-state index contributed by atoms with van der Waals surface area (Å²) in [6.07, 6.45) is 3.93. The molecule has 2 aromatic heterocycles. The van der Waals surface area contributed by atoms with E-state index in [4.69, 9.17) is 4.42 Å². The Morgan fingerprint density at radius 1 is 1.37 bits per heavy atom. The molecule has 102 valence electrons. The summed E-state index contributed by atoms with van der Waals surface area (Å²) in [5, 5.41) is 2.04. The number of amides is 1. The first-order valence-electron chi connectivity index (χ1n) is 6.46. The third-order valence-electron chi connectivity index (χ3n) is 2.82. The van der Waals surface area contributed by atoms with Gasteiger partial charge in [0.2, 0.25) is 5.91 Å². The van der Waals surface area contributed by atoms with Crippen LogP contribution < -0.4 is 0 Å².